The monoisotopic (exact) mass is 306 g/mol. The molecule has 6 nitrogen and oxygen atoms in total. The Morgan fingerprint density at radius 1 is 1.24 bits per heavy atom. The Labute approximate surface area is 124 Å². The van der Waals surface area contributed by atoms with Gasteiger partial charge >= 0.3 is 0 Å². The third-order valence-corrected chi connectivity index (χ3v) is 4.13. The van der Waals surface area contributed by atoms with E-state index in [-0.39, 0.29) is 4.90 Å². The van der Waals surface area contributed by atoms with Crippen molar-refractivity contribution in [3.63, 3.8) is 0 Å². The molecule has 0 aromatic carbocycles. The summed E-state index contributed by atoms with van der Waals surface area (Å²) in [6.45, 7) is 6.17. The molecule has 2 aromatic rings. The van der Waals surface area contributed by atoms with Gasteiger partial charge in [0.2, 0.25) is 0 Å². The van der Waals surface area contributed by atoms with E-state index in [2.05, 4.69) is 20.0 Å². The van der Waals surface area contributed by atoms with Gasteiger partial charge in [-0.1, -0.05) is 0 Å². The molecule has 0 aliphatic carbocycles. The highest BCUT2D eigenvalue weighted by Crippen LogP contribution is 2.21. The molecule has 0 radical (unpaired) electrons. The highest BCUT2D eigenvalue weighted by atomic mass is 32.2. The van der Waals surface area contributed by atoms with E-state index in [4.69, 9.17) is 0 Å². The molecule has 0 aliphatic heterocycles. The zero-order chi connectivity index (χ0) is 15.5. The second kappa shape index (κ2) is 6.09. The lowest BCUT2D eigenvalue weighted by atomic mass is 10.2. The molecule has 0 spiro atoms. The van der Waals surface area contributed by atoms with E-state index < -0.39 is 10.0 Å². The van der Waals surface area contributed by atoms with Gasteiger partial charge < -0.3 is 5.32 Å². The van der Waals surface area contributed by atoms with Crippen molar-refractivity contribution in [2.45, 2.75) is 25.7 Å². The quantitative estimate of drug-likeness (QED) is 0.885. The molecule has 21 heavy (non-hydrogen) atoms. The van der Waals surface area contributed by atoms with Gasteiger partial charge in [0.15, 0.2) is 0 Å². The largest absolute Gasteiger partial charge is 0.369 e. The van der Waals surface area contributed by atoms with Gasteiger partial charge in [0, 0.05) is 18.4 Å². The topological polar surface area (TPSA) is 84.0 Å². The Morgan fingerprint density at radius 2 is 2.00 bits per heavy atom. The van der Waals surface area contributed by atoms with Crippen LogP contribution in [0.25, 0.3) is 0 Å². The van der Waals surface area contributed by atoms with E-state index in [1.54, 1.807) is 18.3 Å². The number of hydrogen-bond donors (Lipinski definition) is 2. The molecule has 112 valence electrons. The summed E-state index contributed by atoms with van der Waals surface area (Å²) in [5.41, 5.74) is 1.70. The molecule has 0 atom stereocenters. The number of nitrogens with one attached hydrogen (secondary N) is 2. The number of nitrogens with zero attached hydrogens (tertiary/aromatic N) is 2. The van der Waals surface area contributed by atoms with E-state index in [0.29, 0.717) is 18.2 Å². The maximum absolute atomic E-state index is 12.5. The van der Waals surface area contributed by atoms with E-state index in [1.807, 2.05) is 26.8 Å². The van der Waals surface area contributed by atoms with Crippen LogP contribution >= 0.6 is 0 Å². The molecule has 0 saturated carbocycles. The first-order valence-corrected chi connectivity index (χ1v) is 8.07. The fourth-order valence-corrected chi connectivity index (χ4v) is 3.12. The van der Waals surface area contributed by atoms with Crippen LogP contribution in [0.1, 0.15) is 18.2 Å². The average Bonchev–Trinajstić information content (AvgIpc) is 2.37. The maximum atomic E-state index is 12.5. The molecule has 0 unspecified atom stereocenters. The summed E-state index contributed by atoms with van der Waals surface area (Å²) in [7, 11) is -3.74. The first-order chi connectivity index (χ1) is 9.92. The second-order valence-corrected chi connectivity index (χ2v) is 6.31. The van der Waals surface area contributed by atoms with Gasteiger partial charge in [-0.05, 0) is 50.6 Å². The first-order valence-electron chi connectivity index (χ1n) is 6.59. The van der Waals surface area contributed by atoms with Crippen LogP contribution in [0.3, 0.4) is 0 Å². The van der Waals surface area contributed by atoms with E-state index in [1.165, 1.54) is 6.07 Å². The summed E-state index contributed by atoms with van der Waals surface area (Å²) in [4.78, 5) is 8.35. The normalized spacial score (nSPS) is 11.2. The van der Waals surface area contributed by atoms with Crippen molar-refractivity contribution >= 4 is 21.7 Å². The number of hydrogen-bond acceptors (Lipinski definition) is 5. The molecule has 2 heterocycles. The third kappa shape index (κ3) is 3.69. The summed E-state index contributed by atoms with van der Waals surface area (Å²) >= 11 is 0. The molecular weight excluding hydrogens is 288 g/mol. The number of aromatic nitrogens is 2. The van der Waals surface area contributed by atoms with Crippen LogP contribution in [-0.4, -0.2) is 24.9 Å². The number of aryl methyl sites for hydroxylation is 2. The van der Waals surface area contributed by atoms with Crippen molar-refractivity contribution in [3.05, 3.63) is 41.7 Å². The Kier molecular flexibility index (Phi) is 4.42. The Bertz CT molecular complexity index is 724. The summed E-state index contributed by atoms with van der Waals surface area (Å²) in [5, 5.41) is 2.94. The molecular formula is C14H18N4O2S. The Hall–Kier alpha value is -2.15. The van der Waals surface area contributed by atoms with Crippen LogP contribution in [0.2, 0.25) is 0 Å². The molecule has 0 saturated heterocycles. The van der Waals surface area contributed by atoms with Crippen LogP contribution in [0.15, 0.2) is 35.4 Å². The average molecular weight is 306 g/mol. The number of anilines is 2. The SMILES string of the molecule is CCNc1ncccc1S(=O)(=O)Nc1cc(C)cc(C)n1. The minimum atomic E-state index is -3.74. The lowest BCUT2D eigenvalue weighted by Crippen LogP contribution is -2.17. The predicted molar refractivity (Wildman–Crippen MR) is 82.9 cm³/mol. The summed E-state index contributed by atoms with van der Waals surface area (Å²) in [6, 6.07) is 6.67. The third-order valence-electron chi connectivity index (χ3n) is 2.74. The fourth-order valence-electron chi connectivity index (χ4n) is 1.99. The summed E-state index contributed by atoms with van der Waals surface area (Å²) in [6.07, 6.45) is 1.55. The first kappa shape index (κ1) is 15.2. The zero-order valence-corrected chi connectivity index (χ0v) is 13.0. The van der Waals surface area contributed by atoms with E-state index in [0.717, 1.165) is 11.3 Å². The molecule has 2 rings (SSSR count). The van der Waals surface area contributed by atoms with Crippen molar-refractivity contribution in [2.24, 2.45) is 0 Å². The van der Waals surface area contributed by atoms with E-state index >= 15 is 0 Å². The minimum absolute atomic E-state index is 0.104. The molecule has 7 heteroatoms. The van der Waals surface area contributed by atoms with Crippen molar-refractivity contribution in [3.8, 4) is 0 Å². The number of rotatable bonds is 5. The van der Waals surface area contributed by atoms with Gasteiger partial charge in [-0.2, -0.15) is 0 Å². The molecule has 2 aromatic heterocycles. The van der Waals surface area contributed by atoms with Crippen LogP contribution in [0.4, 0.5) is 11.6 Å². The van der Waals surface area contributed by atoms with Crippen LogP contribution < -0.4 is 10.0 Å². The molecule has 0 aliphatic rings. The highest BCUT2D eigenvalue weighted by molar-refractivity contribution is 7.92. The highest BCUT2D eigenvalue weighted by Gasteiger charge is 2.19. The van der Waals surface area contributed by atoms with Gasteiger partial charge in [0.05, 0.1) is 0 Å². The van der Waals surface area contributed by atoms with Crippen LogP contribution in [0.5, 0.6) is 0 Å². The van der Waals surface area contributed by atoms with E-state index in [9.17, 15) is 8.42 Å². The summed E-state index contributed by atoms with van der Waals surface area (Å²) in [5.74, 6) is 0.635. The number of pyridine rings is 2. The fraction of sp³-hybridized carbons (Fsp3) is 0.286. The van der Waals surface area contributed by atoms with Crippen molar-refractivity contribution < 1.29 is 8.42 Å². The second-order valence-electron chi connectivity index (χ2n) is 4.66. The van der Waals surface area contributed by atoms with Gasteiger partial charge in [0.1, 0.15) is 16.5 Å². The Morgan fingerprint density at radius 3 is 2.67 bits per heavy atom. The van der Waals surface area contributed by atoms with Gasteiger partial charge in [-0.15, -0.1) is 0 Å². The maximum Gasteiger partial charge on any atom is 0.266 e. The van der Waals surface area contributed by atoms with Crippen LogP contribution in [0, 0.1) is 13.8 Å². The smallest absolute Gasteiger partial charge is 0.266 e. The van der Waals surface area contributed by atoms with Gasteiger partial charge in [0.25, 0.3) is 10.0 Å². The van der Waals surface area contributed by atoms with Crippen molar-refractivity contribution in [1.82, 2.24) is 9.97 Å². The lowest BCUT2D eigenvalue weighted by Gasteiger charge is -2.12. The van der Waals surface area contributed by atoms with Crippen molar-refractivity contribution in [1.29, 1.82) is 0 Å². The van der Waals surface area contributed by atoms with Crippen molar-refractivity contribution in [2.75, 3.05) is 16.6 Å². The van der Waals surface area contributed by atoms with Gasteiger partial charge in [-0.25, -0.2) is 18.4 Å². The van der Waals surface area contributed by atoms with Crippen LogP contribution in [-0.2, 0) is 10.0 Å². The molecule has 0 amide bonds. The molecule has 0 bridgehead atoms. The minimum Gasteiger partial charge on any atom is -0.369 e. The summed E-state index contributed by atoms with van der Waals surface area (Å²) < 4.78 is 27.5. The number of sulfonamides is 1. The molecule has 0 fully saturated rings. The molecule has 2 N–H and O–H groups in total. The van der Waals surface area contributed by atoms with Gasteiger partial charge in [-0.3, -0.25) is 4.72 Å². The Balaban J connectivity index is 2.38. The standard InChI is InChI=1S/C14H18N4O2S/c1-4-15-14-12(6-5-7-16-14)21(19,20)18-13-9-10(2)8-11(3)17-13/h5-9H,4H2,1-3H3,(H,15,16)(H,17,18). The predicted octanol–water partition coefficient (Wildman–Crippen LogP) is 2.33. The zero-order valence-electron chi connectivity index (χ0n) is 12.2. The lowest BCUT2D eigenvalue weighted by molar-refractivity contribution is 0.601.